The van der Waals surface area contributed by atoms with E-state index in [-0.39, 0.29) is 11.9 Å². The first kappa shape index (κ1) is 13.1. The van der Waals surface area contributed by atoms with Crippen molar-refractivity contribution in [3.63, 3.8) is 0 Å². The zero-order chi connectivity index (χ0) is 13.0. The molecule has 2 atom stereocenters. The second-order valence-electron chi connectivity index (χ2n) is 5.26. The molecule has 1 fully saturated rings. The number of hydrogen-bond acceptors (Lipinski definition) is 2. The highest BCUT2D eigenvalue weighted by molar-refractivity contribution is 5.76. The fourth-order valence-electron chi connectivity index (χ4n) is 2.63. The Labute approximate surface area is 109 Å². The van der Waals surface area contributed by atoms with Crippen molar-refractivity contribution in [2.45, 2.75) is 45.2 Å². The number of nitrogens with two attached hydrogens (primary N) is 1. The van der Waals surface area contributed by atoms with Crippen LogP contribution in [0.3, 0.4) is 0 Å². The Morgan fingerprint density at radius 3 is 2.83 bits per heavy atom. The summed E-state index contributed by atoms with van der Waals surface area (Å²) in [5.41, 5.74) is 8.38. The lowest BCUT2D eigenvalue weighted by Crippen LogP contribution is -2.31. The van der Waals surface area contributed by atoms with Crippen LogP contribution >= 0.6 is 0 Å². The molecule has 1 aliphatic carbocycles. The fourth-order valence-corrected chi connectivity index (χ4v) is 2.63. The van der Waals surface area contributed by atoms with Crippen LogP contribution in [0.5, 0.6) is 0 Å². The third kappa shape index (κ3) is 3.33. The molecule has 3 heteroatoms. The van der Waals surface area contributed by atoms with Crippen molar-refractivity contribution in [1.82, 2.24) is 5.32 Å². The molecule has 0 saturated heterocycles. The van der Waals surface area contributed by atoms with E-state index in [4.69, 9.17) is 5.73 Å². The summed E-state index contributed by atoms with van der Waals surface area (Å²) in [6, 6.07) is 8.35. The van der Waals surface area contributed by atoms with Crippen LogP contribution in [-0.2, 0) is 11.3 Å². The molecular formula is C15H22N2O. The van der Waals surface area contributed by atoms with Crippen LogP contribution in [0.1, 0.15) is 36.8 Å². The molecule has 1 saturated carbocycles. The largest absolute Gasteiger partial charge is 0.352 e. The molecule has 1 amide bonds. The molecule has 3 nitrogen and oxygen atoms in total. The summed E-state index contributed by atoms with van der Waals surface area (Å²) in [5.74, 6) is 0.502. The summed E-state index contributed by atoms with van der Waals surface area (Å²) in [6.45, 7) is 2.68. The van der Waals surface area contributed by atoms with E-state index in [0.29, 0.717) is 18.9 Å². The first-order valence-corrected chi connectivity index (χ1v) is 6.73. The molecule has 0 bridgehead atoms. The van der Waals surface area contributed by atoms with Gasteiger partial charge >= 0.3 is 0 Å². The van der Waals surface area contributed by atoms with Gasteiger partial charge in [0.15, 0.2) is 0 Å². The Morgan fingerprint density at radius 1 is 1.39 bits per heavy atom. The molecule has 3 N–H and O–H groups in total. The standard InChI is InChI=1S/C15H22N2O/c1-11-5-2-3-6-13(11)10-17-15(18)9-12-7-4-8-14(12)16/h2-3,5-6,12,14H,4,7-10,16H2,1H3,(H,17,18)/t12-,14+/m0/s1. The van der Waals surface area contributed by atoms with Gasteiger partial charge in [-0.2, -0.15) is 0 Å². The van der Waals surface area contributed by atoms with E-state index in [1.54, 1.807) is 0 Å². The minimum absolute atomic E-state index is 0.126. The van der Waals surface area contributed by atoms with E-state index in [9.17, 15) is 4.79 Å². The first-order chi connectivity index (χ1) is 8.66. The maximum Gasteiger partial charge on any atom is 0.220 e. The number of benzene rings is 1. The molecule has 0 unspecified atom stereocenters. The Morgan fingerprint density at radius 2 is 2.17 bits per heavy atom. The van der Waals surface area contributed by atoms with Gasteiger partial charge in [0, 0.05) is 19.0 Å². The van der Waals surface area contributed by atoms with Crippen LogP contribution in [-0.4, -0.2) is 11.9 Å². The van der Waals surface area contributed by atoms with Crippen molar-refractivity contribution >= 4 is 5.91 Å². The molecule has 1 aromatic rings. The van der Waals surface area contributed by atoms with Crippen molar-refractivity contribution in [2.24, 2.45) is 11.7 Å². The van der Waals surface area contributed by atoms with Crippen molar-refractivity contribution in [3.8, 4) is 0 Å². The highest BCUT2D eigenvalue weighted by atomic mass is 16.1. The van der Waals surface area contributed by atoms with Gasteiger partial charge in [0.05, 0.1) is 0 Å². The van der Waals surface area contributed by atoms with E-state index >= 15 is 0 Å². The van der Waals surface area contributed by atoms with Gasteiger partial charge in [-0.1, -0.05) is 30.7 Å². The maximum absolute atomic E-state index is 11.9. The smallest absolute Gasteiger partial charge is 0.220 e. The summed E-state index contributed by atoms with van der Waals surface area (Å²) in [7, 11) is 0. The molecule has 0 aliphatic heterocycles. The number of carbonyl (C=O) groups is 1. The summed E-state index contributed by atoms with van der Waals surface area (Å²) in [6.07, 6.45) is 3.90. The fraction of sp³-hybridized carbons (Fsp3) is 0.533. The average Bonchev–Trinajstić information content (AvgIpc) is 2.74. The number of carbonyl (C=O) groups excluding carboxylic acids is 1. The quantitative estimate of drug-likeness (QED) is 0.855. The van der Waals surface area contributed by atoms with E-state index in [1.165, 1.54) is 11.1 Å². The predicted molar refractivity (Wildman–Crippen MR) is 73.0 cm³/mol. The lowest BCUT2D eigenvalue weighted by molar-refractivity contribution is -0.122. The lowest BCUT2D eigenvalue weighted by atomic mass is 10.00. The third-order valence-corrected chi connectivity index (χ3v) is 3.90. The van der Waals surface area contributed by atoms with Gasteiger partial charge in [0.2, 0.25) is 5.91 Å². The van der Waals surface area contributed by atoms with E-state index in [1.807, 2.05) is 12.1 Å². The summed E-state index contributed by atoms with van der Waals surface area (Å²) in [5, 5.41) is 2.99. The van der Waals surface area contributed by atoms with Crippen LogP contribution in [0, 0.1) is 12.8 Å². The molecular weight excluding hydrogens is 224 g/mol. The third-order valence-electron chi connectivity index (χ3n) is 3.90. The highest BCUT2D eigenvalue weighted by Crippen LogP contribution is 2.26. The molecule has 1 aromatic carbocycles. The van der Waals surface area contributed by atoms with E-state index < -0.39 is 0 Å². The van der Waals surface area contributed by atoms with Crippen molar-refractivity contribution in [2.75, 3.05) is 0 Å². The summed E-state index contributed by atoms with van der Waals surface area (Å²) >= 11 is 0. The van der Waals surface area contributed by atoms with Gasteiger partial charge in [-0.3, -0.25) is 4.79 Å². The van der Waals surface area contributed by atoms with Gasteiger partial charge in [-0.25, -0.2) is 0 Å². The van der Waals surface area contributed by atoms with Gasteiger partial charge in [-0.05, 0) is 36.8 Å². The van der Waals surface area contributed by atoms with Gasteiger partial charge in [0.1, 0.15) is 0 Å². The summed E-state index contributed by atoms with van der Waals surface area (Å²) < 4.78 is 0. The molecule has 1 aliphatic rings. The van der Waals surface area contributed by atoms with Crippen LogP contribution in [0.4, 0.5) is 0 Å². The molecule has 2 rings (SSSR count). The average molecular weight is 246 g/mol. The maximum atomic E-state index is 11.9. The number of nitrogens with one attached hydrogen (secondary N) is 1. The van der Waals surface area contributed by atoms with E-state index in [0.717, 1.165) is 19.3 Å². The molecule has 0 aromatic heterocycles. The van der Waals surface area contributed by atoms with Crippen LogP contribution < -0.4 is 11.1 Å². The van der Waals surface area contributed by atoms with Gasteiger partial charge < -0.3 is 11.1 Å². The van der Waals surface area contributed by atoms with E-state index in [2.05, 4.69) is 24.4 Å². The van der Waals surface area contributed by atoms with Crippen molar-refractivity contribution < 1.29 is 4.79 Å². The Hall–Kier alpha value is -1.35. The Bertz CT molecular complexity index is 417. The van der Waals surface area contributed by atoms with Crippen LogP contribution in [0.2, 0.25) is 0 Å². The Balaban J connectivity index is 1.80. The highest BCUT2D eigenvalue weighted by Gasteiger charge is 2.25. The SMILES string of the molecule is Cc1ccccc1CNC(=O)C[C@@H]1CCC[C@H]1N. The molecule has 0 heterocycles. The minimum Gasteiger partial charge on any atom is -0.352 e. The first-order valence-electron chi connectivity index (χ1n) is 6.73. The lowest BCUT2D eigenvalue weighted by Gasteiger charge is -2.15. The van der Waals surface area contributed by atoms with Crippen molar-refractivity contribution in [1.29, 1.82) is 0 Å². The van der Waals surface area contributed by atoms with Crippen molar-refractivity contribution in [3.05, 3.63) is 35.4 Å². The molecule has 18 heavy (non-hydrogen) atoms. The summed E-state index contributed by atoms with van der Waals surface area (Å²) in [4.78, 5) is 11.9. The minimum atomic E-state index is 0.126. The number of hydrogen-bond donors (Lipinski definition) is 2. The number of rotatable bonds is 4. The number of amides is 1. The normalized spacial score (nSPS) is 23.0. The van der Waals surface area contributed by atoms with Crippen LogP contribution in [0.25, 0.3) is 0 Å². The Kier molecular flexibility index (Phi) is 4.37. The van der Waals surface area contributed by atoms with Gasteiger partial charge in [-0.15, -0.1) is 0 Å². The zero-order valence-electron chi connectivity index (χ0n) is 11.0. The van der Waals surface area contributed by atoms with Gasteiger partial charge in [0.25, 0.3) is 0 Å². The number of aryl methyl sites for hydroxylation is 1. The van der Waals surface area contributed by atoms with Crippen LogP contribution in [0.15, 0.2) is 24.3 Å². The topological polar surface area (TPSA) is 55.1 Å². The predicted octanol–water partition coefficient (Wildman–Crippen LogP) is 2.13. The molecule has 0 radical (unpaired) electrons. The zero-order valence-corrected chi connectivity index (χ0v) is 11.0. The second-order valence-corrected chi connectivity index (χ2v) is 5.26. The molecule has 0 spiro atoms. The second kappa shape index (κ2) is 6.01. The monoisotopic (exact) mass is 246 g/mol. The molecule has 98 valence electrons.